The molecule has 0 spiro atoms. The zero-order valence-corrected chi connectivity index (χ0v) is 9.78. The molecule has 4 atom stereocenters. The van der Waals surface area contributed by atoms with E-state index >= 15 is 0 Å². The zero-order valence-electron chi connectivity index (χ0n) is 9.78. The quantitative estimate of drug-likeness (QED) is 0.204. The fraction of sp³-hybridized carbons (Fsp3) is 0.600. The lowest BCUT2D eigenvalue weighted by Crippen LogP contribution is -2.64. The molecule has 0 radical (unpaired) electrons. The molecule has 0 aliphatic carbocycles. The van der Waals surface area contributed by atoms with Crippen LogP contribution in [-0.2, 0) is 9.59 Å². The maximum atomic E-state index is 11.6. The van der Waals surface area contributed by atoms with Gasteiger partial charge in [0.25, 0.3) is 5.91 Å². The molecule has 0 aromatic rings. The minimum absolute atomic E-state index is 0.277. The molecule has 0 unspecified atom stereocenters. The molecular formula is C10H17NO7. The SMILES string of the molecule is C=C(C)C(=O)[C@](O)(C(N)=O)[C@@H](O)[C@H](O)[C@H](O)CO. The summed E-state index contributed by atoms with van der Waals surface area (Å²) in [6.07, 6.45) is -6.40. The Bertz CT molecular complexity index is 356. The number of hydrogen-bond donors (Lipinski definition) is 6. The Hall–Kier alpha value is -1.32. The van der Waals surface area contributed by atoms with Crippen LogP contribution in [0.3, 0.4) is 0 Å². The van der Waals surface area contributed by atoms with E-state index in [2.05, 4.69) is 6.58 Å². The number of Topliss-reactive ketones (excluding diaryl/α,β-unsaturated/α-hetero) is 1. The molecule has 1 amide bonds. The molecular weight excluding hydrogens is 246 g/mol. The first-order chi connectivity index (χ1) is 8.10. The second-order valence-corrected chi connectivity index (χ2v) is 3.93. The minimum Gasteiger partial charge on any atom is -0.394 e. The molecule has 0 rings (SSSR count). The van der Waals surface area contributed by atoms with Crippen molar-refractivity contribution in [2.75, 3.05) is 6.61 Å². The van der Waals surface area contributed by atoms with Gasteiger partial charge in [-0.3, -0.25) is 9.59 Å². The molecule has 8 nitrogen and oxygen atoms in total. The predicted octanol–water partition coefficient (Wildman–Crippen LogP) is -3.58. The van der Waals surface area contributed by atoms with Gasteiger partial charge in [-0.25, -0.2) is 0 Å². The standard InChI is InChI=1S/C10H17NO7/c1-4(2)7(15)10(18,9(11)17)8(16)6(14)5(13)3-12/h5-6,8,12-14,16,18H,1,3H2,2H3,(H2,11,17)/t5-,6-,8+,10-/m1/s1. The zero-order chi connectivity index (χ0) is 14.7. The van der Waals surface area contributed by atoms with Gasteiger partial charge in [0.05, 0.1) is 6.61 Å². The van der Waals surface area contributed by atoms with E-state index in [4.69, 9.17) is 15.9 Å². The summed E-state index contributed by atoms with van der Waals surface area (Å²) in [5.41, 5.74) is 1.42. The van der Waals surface area contributed by atoms with E-state index < -0.39 is 42.2 Å². The number of aliphatic hydroxyl groups is 5. The normalized spacial score (nSPS) is 19.4. The van der Waals surface area contributed by atoms with Crippen molar-refractivity contribution in [1.82, 2.24) is 0 Å². The summed E-state index contributed by atoms with van der Waals surface area (Å²) in [4.78, 5) is 22.7. The maximum absolute atomic E-state index is 11.6. The Balaban J connectivity index is 5.43. The van der Waals surface area contributed by atoms with Gasteiger partial charge in [-0.2, -0.15) is 0 Å². The highest BCUT2D eigenvalue weighted by Crippen LogP contribution is 2.20. The van der Waals surface area contributed by atoms with Crippen molar-refractivity contribution in [3.8, 4) is 0 Å². The van der Waals surface area contributed by atoms with Crippen molar-refractivity contribution in [3.63, 3.8) is 0 Å². The van der Waals surface area contributed by atoms with Crippen LogP contribution in [0, 0.1) is 0 Å². The first-order valence-electron chi connectivity index (χ1n) is 4.98. The Morgan fingerprint density at radius 1 is 1.33 bits per heavy atom. The Labute approximate surface area is 103 Å². The first kappa shape index (κ1) is 16.7. The minimum atomic E-state index is -3.12. The van der Waals surface area contributed by atoms with Gasteiger partial charge in [0.1, 0.15) is 18.3 Å². The van der Waals surface area contributed by atoms with Gasteiger partial charge in [0.2, 0.25) is 11.4 Å². The molecule has 104 valence electrons. The summed E-state index contributed by atoms with van der Waals surface area (Å²) in [5.74, 6) is -2.89. The second kappa shape index (κ2) is 6.03. The third kappa shape index (κ3) is 2.92. The number of nitrogens with two attached hydrogens (primary N) is 1. The monoisotopic (exact) mass is 263 g/mol. The third-order valence-corrected chi connectivity index (χ3v) is 2.44. The molecule has 0 aliphatic heterocycles. The average Bonchev–Trinajstić information content (AvgIpc) is 2.33. The van der Waals surface area contributed by atoms with Crippen molar-refractivity contribution in [2.45, 2.75) is 30.8 Å². The maximum Gasteiger partial charge on any atom is 0.260 e. The molecule has 0 bridgehead atoms. The Kier molecular flexibility index (Phi) is 5.58. The number of rotatable bonds is 7. The van der Waals surface area contributed by atoms with Gasteiger partial charge in [-0.05, 0) is 12.5 Å². The lowest BCUT2D eigenvalue weighted by atomic mass is 9.83. The van der Waals surface area contributed by atoms with E-state index in [1.807, 2.05) is 0 Å². The first-order valence-corrected chi connectivity index (χ1v) is 4.98. The van der Waals surface area contributed by atoms with Gasteiger partial charge in [-0.15, -0.1) is 0 Å². The number of ketones is 1. The molecule has 0 saturated carbocycles. The van der Waals surface area contributed by atoms with Crippen LogP contribution in [-0.4, -0.2) is 67.7 Å². The largest absolute Gasteiger partial charge is 0.394 e. The number of carbonyl (C=O) groups is 2. The van der Waals surface area contributed by atoms with Gasteiger partial charge in [-0.1, -0.05) is 6.58 Å². The molecule has 0 aromatic heterocycles. The predicted molar refractivity (Wildman–Crippen MR) is 59.1 cm³/mol. The highest BCUT2D eigenvalue weighted by Gasteiger charge is 2.52. The molecule has 7 N–H and O–H groups in total. The number of aliphatic hydroxyl groups excluding tert-OH is 4. The molecule has 8 heteroatoms. The van der Waals surface area contributed by atoms with Crippen molar-refractivity contribution in [3.05, 3.63) is 12.2 Å². The lowest BCUT2D eigenvalue weighted by Gasteiger charge is -2.32. The van der Waals surface area contributed by atoms with Crippen LogP contribution in [0.4, 0.5) is 0 Å². The highest BCUT2D eigenvalue weighted by molar-refractivity contribution is 6.16. The summed E-state index contributed by atoms with van der Waals surface area (Å²) in [5, 5.41) is 46.5. The summed E-state index contributed by atoms with van der Waals surface area (Å²) >= 11 is 0. The van der Waals surface area contributed by atoms with Gasteiger partial charge in [0.15, 0.2) is 0 Å². The summed E-state index contributed by atoms with van der Waals surface area (Å²) in [6, 6.07) is 0. The fourth-order valence-electron chi connectivity index (χ4n) is 1.28. The van der Waals surface area contributed by atoms with Crippen LogP contribution in [0.25, 0.3) is 0 Å². The highest BCUT2D eigenvalue weighted by atomic mass is 16.4. The molecule has 0 saturated heterocycles. The summed E-state index contributed by atoms with van der Waals surface area (Å²) in [6.45, 7) is 3.40. The Morgan fingerprint density at radius 3 is 2.06 bits per heavy atom. The molecule has 0 fully saturated rings. The topological polar surface area (TPSA) is 161 Å². The van der Waals surface area contributed by atoms with E-state index in [1.165, 1.54) is 0 Å². The molecule has 18 heavy (non-hydrogen) atoms. The van der Waals surface area contributed by atoms with E-state index in [0.29, 0.717) is 0 Å². The summed E-state index contributed by atoms with van der Waals surface area (Å²) < 4.78 is 0. The fourth-order valence-corrected chi connectivity index (χ4v) is 1.28. The van der Waals surface area contributed by atoms with Crippen LogP contribution in [0.15, 0.2) is 12.2 Å². The number of amides is 1. The molecule has 0 aromatic carbocycles. The van der Waals surface area contributed by atoms with Gasteiger partial charge < -0.3 is 31.3 Å². The van der Waals surface area contributed by atoms with Crippen LogP contribution >= 0.6 is 0 Å². The summed E-state index contributed by atoms with van der Waals surface area (Å²) in [7, 11) is 0. The van der Waals surface area contributed by atoms with E-state index in [9.17, 15) is 24.9 Å². The average molecular weight is 263 g/mol. The number of primary amides is 1. The van der Waals surface area contributed by atoms with Crippen LogP contribution in [0.1, 0.15) is 6.92 Å². The van der Waals surface area contributed by atoms with Crippen LogP contribution in [0.5, 0.6) is 0 Å². The third-order valence-electron chi connectivity index (χ3n) is 2.44. The number of carbonyl (C=O) groups excluding carboxylic acids is 2. The number of hydrogen-bond acceptors (Lipinski definition) is 7. The lowest BCUT2D eigenvalue weighted by molar-refractivity contribution is -0.178. The molecule has 0 aliphatic rings. The van der Waals surface area contributed by atoms with E-state index in [0.717, 1.165) is 6.92 Å². The second-order valence-electron chi connectivity index (χ2n) is 3.93. The van der Waals surface area contributed by atoms with Crippen LogP contribution in [0.2, 0.25) is 0 Å². The van der Waals surface area contributed by atoms with Gasteiger partial charge in [0, 0.05) is 0 Å². The smallest absolute Gasteiger partial charge is 0.260 e. The van der Waals surface area contributed by atoms with E-state index in [1.54, 1.807) is 0 Å². The van der Waals surface area contributed by atoms with Crippen LogP contribution < -0.4 is 5.73 Å². The van der Waals surface area contributed by atoms with Crippen molar-refractivity contribution >= 4 is 11.7 Å². The van der Waals surface area contributed by atoms with Crippen molar-refractivity contribution in [2.24, 2.45) is 5.73 Å². The van der Waals surface area contributed by atoms with Gasteiger partial charge >= 0.3 is 0 Å². The van der Waals surface area contributed by atoms with E-state index in [-0.39, 0.29) is 5.57 Å². The molecule has 0 heterocycles. The van der Waals surface area contributed by atoms with Crippen molar-refractivity contribution < 1.29 is 35.1 Å². The Morgan fingerprint density at radius 2 is 1.78 bits per heavy atom. The van der Waals surface area contributed by atoms with Crippen molar-refractivity contribution in [1.29, 1.82) is 0 Å².